The van der Waals surface area contributed by atoms with Gasteiger partial charge in [-0.3, -0.25) is 14.9 Å². The molecule has 0 radical (unpaired) electrons. The highest BCUT2D eigenvalue weighted by molar-refractivity contribution is 6.31. The molecule has 1 aromatic heterocycles. The molecule has 8 nitrogen and oxygen atoms in total. The molecule has 25 heavy (non-hydrogen) atoms. The van der Waals surface area contributed by atoms with Gasteiger partial charge in [-0.15, -0.1) is 0 Å². The summed E-state index contributed by atoms with van der Waals surface area (Å²) < 4.78 is 1.49. The Hall–Kier alpha value is -3.26. The quantitative estimate of drug-likeness (QED) is 0.569. The van der Waals surface area contributed by atoms with Gasteiger partial charge in [0, 0.05) is 22.2 Å². The van der Waals surface area contributed by atoms with Gasteiger partial charge in [0.25, 0.3) is 11.6 Å². The van der Waals surface area contributed by atoms with Crippen LogP contribution in [0.3, 0.4) is 0 Å². The first-order chi connectivity index (χ1) is 12.0. The molecule has 0 spiro atoms. The lowest BCUT2D eigenvalue weighted by Crippen LogP contribution is -2.14. The Morgan fingerprint density at radius 2 is 2.08 bits per heavy atom. The van der Waals surface area contributed by atoms with Gasteiger partial charge in [-0.25, -0.2) is 9.67 Å². The number of aromatic nitrogens is 3. The van der Waals surface area contributed by atoms with Gasteiger partial charge < -0.3 is 5.32 Å². The lowest BCUT2D eigenvalue weighted by molar-refractivity contribution is -0.385. The van der Waals surface area contributed by atoms with Gasteiger partial charge in [-0.2, -0.15) is 5.10 Å². The summed E-state index contributed by atoms with van der Waals surface area (Å²) in [5, 5.41) is 18.1. The van der Waals surface area contributed by atoms with E-state index in [1.165, 1.54) is 35.5 Å². The minimum absolute atomic E-state index is 0.0392. The zero-order valence-electron chi connectivity index (χ0n) is 13.0. The van der Waals surface area contributed by atoms with Gasteiger partial charge in [0.15, 0.2) is 0 Å². The number of benzene rings is 2. The molecular formula is C16H12ClN5O3. The summed E-state index contributed by atoms with van der Waals surface area (Å²) in [6.07, 6.45) is 2.87. The predicted molar refractivity (Wildman–Crippen MR) is 92.2 cm³/mol. The molecule has 1 N–H and O–H groups in total. The Morgan fingerprint density at radius 1 is 1.28 bits per heavy atom. The van der Waals surface area contributed by atoms with Crippen molar-refractivity contribution in [3.8, 4) is 5.69 Å². The average Bonchev–Trinajstić information content (AvgIpc) is 3.08. The van der Waals surface area contributed by atoms with E-state index in [9.17, 15) is 14.9 Å². The third kappa shape index (κ3) is 3.48. The van der Waals surface area contributed by atoms with E-state index in [4.69, 9.17) is 11.6 Å². The van der Waals surface area contributed by atoms with Crippen LogP contribution in [0.15, 0.2) is 49.1 Å². The molecule has 2 aromatic carbocycles. The number of hydrogen-bond acceptors (Lipinski definition) is 5. The number of hydrogen-bond donors (Lipinski definition) is 1. The predicted octanol–water partition coefficient (Wildman–Crippen LogP) is 3.39. The summed E-state index contributed by atoms with van der Waals surface area (Å²) in [4.78, 5) is 26.8. The van der Waals surface area contributed by atoms with E-state index in [1.54, 1.807) is 25.1 Å². The van der Waals surface area contributed by atoms with E-state index in [-0.39, 0.29) is 5.69 Å². The number of aryl methyl sites for hydroxylation is 1. The summed E-state index contributed by atoms with van der Waals surface area (Å²) in [5.74, 6) is -0.415. The highest BCUT2D eigenvalue weighted by Crippen LogP contribution is 2.25. The maximum atomic E-state index is 12.5. The van der Waals surface area contributed by atoms with Crippen LogP contribution in [-0.4, -0.2) is 25.6 Å². The maximum absolute atomic E-state index is 12.5. The normalized spacial score (nSPS) is 10.5. The average molecular weight is 358 g/mol. The summed E-state index contributed by atoms with van der Waals surface area (Å²) in [6.45, 7) is 1.58. The van der Waals surface area contributed by atoms with Crippen molar-refractivity contribution in [2.45, 2.75) is 6.92 Å². The Bertz CT molecular complexity index is 956. The van der Waals surface area contributed by atoms with E-state index in [2.05, 4.69) is 15.4 Å². The monoisotopic (exact) mass is 357 g/mol. The van der Waals surface area contributed by atoms with Crippen LogP contribution in [0, 0.1) is 17.0 Å². The molecule has 3 rings (SSSR count). The molecule has 1 amide bonds. The molecule has 0 bridgehead atoms. The van der Waals surface area contributed by atoms with E-state index < -0.39 is 10.8 Å². The van der Waals surface area contributed by atoms with E-state index >= 15 is 0 Å². The molecule has 0 unspecified atom stereocenters. The van der Waals surface area contributed by atoms with Gasteiger partial charge in [-0.05, 0) is 37.3 Å². The van der Waals surface area contributed by atoms with Gasteiger partial charge in [0.2, 0.25) is 0 Å². The lowest BCUT2D eigenvalue weighted by Gasteiger charge is -2.11. The van der Waals surface area contributed by atoms with Gasteiger partial charge in [-0.1, -0.05) is 11.6 Å². The first-order valence-electron chi connectivity index (χ1n) is 7.16. The Morgan fingerprint density at radius 3 is 2.72 bits per heavy atom. The number of carbonyl (C=O) groups is 1. The minimum atomic E-state index is -0.489. The second-order valence-electron chi connectivity index (χ2n) is 5.21. The van der Waals surface area contributed by atoms with Crippen LogP contribution in [0.4, 0.5) is 11.4 Å². The van der Waals surface area contributed by atoms with Crippen molar-refractivity contribution in [2.75, 3.05) is 5.32 Å². The van der Waals surface area contributed by atoms with Crippen molar-refractivity contribution in [1.29, 1.82) is 0 Å². The highest BCUT2D eigenvalue weighted by Gasteiger charge is 2.15. The molecule has 0 saturated carbocycles. The van der Waals surface area contributed by atoms with E-state index in [0.717, 1.165) is 0 Å². The standard InChI is InChI=1S/C16H12ClN5O3/c1-10-6-11(2-4-14(10)22(24)25)16(23)20-13-7-12(17)3-5-15(13)21-9-18-8-19-21/h2-9H,1H3,(H,20,23). The largest absolute Gasteiger partial charge is 0.320 e. The molecule has 0 fully saturated rings. The molecule has 126 valence electrons. The third-order valence-electron chi connectivity index (χ3n) is 3.53. The van der Waals surface area contributed by atoms with Crippen LogP contribution in [0.2, 0.25) is 5.02 Å². The molecule has 0 atom stereocenters. The molecule has 0 aliphatic rings. The van der Waals surface area contributed by atoms with Gasteiger partial charge in [0.1, 0.15) is 12.7 Å². The van der Waals surface area contributed by atoms with Crippen molar-refractivity contribution in [3.63, 3.8) is 0 Å². The number of nitrogens with zero attached hydrogens (tertiary/aromatic N) is 4. The van der Waals surface area contributed by atoms with Crippen LogP contribution in [0.1, 0.15) is 15.9 Å². The lowest BCUT2D eigenvalue weighted by atomic mass is 10.1. The fraction of sp³-hybridized carbons (Fsp3) is 0.0625. The van der Waals surface area contributed by atoms with Crippen molar-refractivity contribution >= 4 is 28.9 Å². The second-order valence-corrected chi connectivity index (χ2v) is 5.65. The van der Waals surface area contributed by atoms with Crippen LogP contribution in [-0.2, 0) is 0 Å². The van der Waals surface area contributed by atoms with Crippen LogP contribution >= 0.6 is 11.6 Å². The van der Waals surface area contributed by atoms with Crippen molar-refractivity contribution in [1.82, 2.24) is 14.8 Å². The van der Waals surface area contributed by atoms with Crippen molar-refractivity contribution in [2.24, 2.45) is 0 Å². The number of nitrogens with one attached hydrogen (secondary N) is 1. The zero-order chi connectivity index (χ0) is 18.0. The number of amides is 1. The van der Waals surface area contributed by atoms with E-state index in [0.29, 0.717) is 27.5 Å². The van der Waals surface area contributed by atoms with Crippen LogP contribution in [0.25, 0.3) is 5.69 Å². The fourth-order valence-electron chi connectivity index (χ4n) is 2.34. The molecule has 0 saturated heterocycles. The number of nitro benzene ring substituents is 1. The number of anilines is 1. The molecule has 0 aliphatic heterocycles. The van der Waals surface area contributed by atoms with Gasteiger partial charge in [0.05, 0.1) is 16.3 Å². The van der Waals surface area contributed by atoms with Crippen LogP contribution in [0.5, 0.6) is 0 Å². The Balaban J connectivity index is 1.92. The summed E-state index contributed by atoms with van der Waals surface area (Å²) in [6, 6.07) is 9.14. The third-order valence-corrected chi connectivity index (χ3v) is 3.76. The number of nitro groups is 1. The Labute approximate surface area is 147 Å². The first kappa shape index (κ1) is 16.6. The summed E-state index contributed by atoms with van der Waals surface area (Å²) in [5.41, 5.74) is 1.70. The van der Waals surface area contributed by atoms with E-state index in [1.807, 2.05) is 0 Å². The molecule has 1 heterocycles. The summed E-state index contributed by atoms with van der Waals surface area (Å²) >= 11 is 6.02. The maximum Gasteiger partial charge on any atom is 0.272 e. The first-order valence-corrected chi connectivity index (χ1v) is 7.54. The van der Waals surface area contributed by atoms with Gasteiger partial charge >= 0.3 is 0 Å². The summed E-state index contributed by atoms with van der Waals surface area (Å²) in [7, 11) is 0. The highest BCUT2D eigenvalue weighted by atomic mass is 35.5. The second kappa shape index (κ2) is 6.70. The zero-order valence-corrected chi connectivity index (χ0v) is 13.8. The number of rotatable bonds is 4. The smallest absolute Gasteiger partial charge is 0.272 e. The molecule has 9 heteroatoms. The molecule has 0 aliphatic carbocycles. The minimum Gasteiger partial charge on any atom is -0.320 e. The van der Waals surface area contributed by atoms with Crippen LogP contribution < -0.4 is 5.32 Å². The van der Waals surface area contributed by atoms with Crippen molar-refractivity contribution < 1.29 is 9.72 Å². The topological polar surface area (TPSA) is 103 Å². The molecule has 3 aromatic rings. The SMILES string of the molecule is Cc1cc(C(=O)Nc2cc(Cl)ccc2-n2cncn2)ccc1[N+](=O)[O-]. The fourth-order valence-corrected chi connectivity index (χ4v) is 2.51. The molecular weight excluding hydrogens is 346 g/mol. The Kier molecular flexibility index (Phi) is 4.44. The number of halogens is 1. The number of carbonyl (C=O) groups excluding carboxylic acids is 1. The van der Waals surface area contributed by atoms with Crippen molar-refractivity contribution in [3.05, 3.63) is 75.3 Å².